The van der Waals surface area contributed by atoms with E-state index in [4.69, 9.17) is 0 Å². The van der Waals surface area contributed by atoms with Gasteiger partial charge in [0.05, 0.1) is 0 Å². The van der Waals surface area contributed by atoms with Gasteiger partial charge in [0.1, 0.15) is 0 Å². The third-order valence-electron chi connectivity index (χ3n) is 3.10. The molecule has 2 aromatic carbocycles. The maximum Gasteiger partial charge on any atom is 0.673 e. The van der Waals surface area contributed by atoms with Crippen molar-refractivity contribution in [2.45, 2.75) is 15.3 Å². The van der Waals surface area contributed by atoms with E-state index in [0.29, 0.717) is 24.3 Å². The fraction of sp³-hybridized carbons (Fsp3) is 0.0769. The average molecular weight is 413 g/mol. The van der Waals surface area contributed by atoms with E-state index in [1.54, 1.807) is 0 Å². The summed E-state index contributed by atoms with van der Waals surface area (Å²) in [6, 6.07) is 2.04. The Bertz CT molecular complexity index is 780. The Labute approximate surface area is 141 Å². The molecule has 0 nitrogen and oxygen atoms in total. The standard InChI is InChI=1S/C13H5F7S.BF4/c14-7-1-5-6-2-8(15)10(17)4-12(6)21(13(18,19)20)11(5)3-9(7)16;2-1(3,4)5/h1-4,21H;/q;-1. The van der Waals surface area contributed by atoms with E-state index < -0.39 is 56.7 Å². The molecule has 0 radical (unpaired) electrons. The summed E-state index contributed by atoms with van der Waals surface area (Å²) in [6.45, 7) is 0. The molecule has 0 aliphatic carbocycles. The van der Waals surface area contributed by atoms with Gasteiger partial charge < -0.3 is 17.3 Å². The van der Waals surface area contributed by atoms with Crippen molar-refractivity contribution in [3.05, 3.63) is 47.5 Å². The summed E-state index contributed by atoms with van der Waals surface area (Å²) in [5.74, 6) is -5.55. The number of rotatable bonds is 0. The van der Waals surface area contributed by atoms with Crippen molar-refractivity contribution in [2.75, 3.05) is 0 Å². The van der Waals surface area contributed by atoms with Crippen LogP contribution in [-0.2, 0) is 0 Å². The fourth-order valence-electron chi connectivity index (χ4n) is 2.28. The second-order valence-corrected chi connectivity index (χ2v) is 7.01. The summed E-state index contributed by atoms with van der Waals surface area (Å²) < 4.78 is 132. The van der Waals surface area contributed by atoms with Gasteiger partial charge in [-0.25, -0.2) is 17.6 Å². The lowest BCUT2D eigenvalue weighted by Crippen LogP contribution is -2.08. The molecular formula is C13H5BF11S-. The molecule has 3 rings (SSSR count). The molecule has 0 saturated carbocycles. The van der Waals surface area contributed by atoms with Crippen LogP contribution in [0.4, 0.5) is 48.0 Å². The van der Waals surface area contributed by atoms with Gasteiger partial charge in [0.15, 0.2) is 23.3 Å². The van der Waals surface area contributed by atoms with Gasteiger partial charge >= 0.3 is 12.8 Å². The molecule has 13 heteroatoms. The number of thiol groups is 1. The van der Waals surface area contributed by atoms with E-state index in [1.807, 2.05) is 0 Å². The molecular weight excluding hydrogens is 408 g/mol. The molecule has 26 heavy (non-hydrogen) atoms. The van der Waals surface area contributed by atoms with Crippen LogP contribution in [-0.4, -0.2) is 12.8 Å². The van der Waals surface area contributed by atoms with E-state index in [1.165, 1.54) is 0 Å². The zero-order valence-corrected chi connectivity index (χ0v) is 12.9. The molecule has 144 valence electrons. The number of hydrogen-bond acceptors (Lipinski definition) is 0. The van der Waals surface area contributed by atoms with Crippen LogP contribution < -0.4 is 0 Å². The first-order chi connectivity index (χ1) is 11.7. The number of halogens is 11. The van der Waals surface area contributed by atoms with Crippen molar-refractivity contribution in [3.63, 3.8) is 0 Å². The molecule has 0 saturated heterocycles. The average Bonchev–Trinajstić information content (AvgIpc) is 2.71. The topological polar surface area (TPSA) is 0 Å². The van der Waals surface area contributed by atoms with E-state index in [0.717, 1.165) is 0 Å². The van der Waals surface area contributed by atoms with E-state index in [9.17, 15) is 48.0 Å². The Morgan fingerprint density at radius 3 is 1.15 bits per heavy atom. The van der Waals surface area contributed by atoms with Crippen LogP contribution in [0.3, 0.4) is 0 Å². The summed E-state index contributed by atoms with van der Waals surface area (Å²) in [7, 11) is -9.09. The molecule has 0 atom stereocenters. The second kappa shape index (κ2) is 6.67. The van der Waals surface area contributed by atoms with E-state index >= 15 is 0 Å². The van der Waals surface area contributed by atoms with Crippen LogP contribution in [0.5, 0.6) is 0 Å². The van der Waals surface area contributed by atoms with Gasteiger partial charge in [0.2, 0.25) is 0 Å². The van der Waals surface area contributed by atoms with Crippen molar-refractivity contribution in [2.24, 2.45) is 0 Å². The summed E-state index contributed by atoms with van der Waals surface area (Å²) in [6.07, 6.45) is 0. The molecule has 2 aromatic rings. The molecule has 0 N–H and O–H groups in total. The first-order valence-electron chi connectivity index (χ1n) is 6.43. The number of fused-ring (bicyclic) bond motifs is 3. The minimum Gasteiger partial charge on any atom is -0.418 e. The number of benzene rings is 2. The third-order valence-corrected chi connectivity index (χ3v) is 5.31. The SMILES string of the molecule is F[B-](F)(F)F.Fc1cc2c(cc1F)[SH](C(F)(F)F)c1cc(F)c(F)cc1-2. The van der Waals surface area contributed by atoms with Crippen molar-refractivity contribution >= 4 is 18.1 Å². The van der Waals surface area contributed by atoms with Crippen LogP contribution in [0, 0.1) is 23.3 Å². The molecule has 0 unspecified atom stereocenters. The van der Waals surface area contributed by atoms with Crippen molar-refractivity contribution in [3.8, 4) is 11.1 Å². The molecule has 0 aromatic heterocycles. The minimum absolute atomic E-state index is 0.258. The zero-order chi connectivity index (χ0) is 20.0. The van der Waals surface area contributed by atoms with Gasteiger partial charge in [0.25, 0.3) is 0 Å². The van der Waals surface area contributed by atoms with Gasteiger partial charge in [0, 0.05) is 9.79 Å². The lowest BCUT2D eigenvalue weighted by atomic mass is 10.1. The molecule has 1 heterocycles. The maximum atomic E-state index is 13.3. The van der Waals surface area contributed by atoms with Crippen LogP contribution in [0.2, 0.25) is 0 Å². The Kier molecular flexibility index (Phi) is 5.23. The molecule has 1 aliphatic rings. The lowest BCUT2D eigenvalue weighted by Gasteiger charge is -2.21. The Hall–Kier alpha value is -1.92. The lowest BCUT2D eigenvalue weighted by molar-refractivity contribution is -0.0354. The van der Waals surface area contributed by atoms with Gasteiger partial charge in [-0.05, 0) is 35.4 Å². The molecule has 0 amide bonds. The second-order valence-electron chi connectivity index (χ2n) is 4.87. The van der Waals surface area contributed by atoms with Crippen molar-refractivity contribution in [1.29, 1.82) is 0 Å². The summed E-state index contributed by atoms with van der Waals surface area (Å²) in [5.41, 5.74) is -5.29. The smallest absolute Gasteiger partial charge is 0.418 e. The Morgan fingerprint density at radius 1 is 0.615 bits per heavy atom. The molecule has 0 spiro atoms. The highest BCUT2D eigenvalue weighted by Crippen LogP contribution is 2.66. The Morgan fingerprint density at radius 2 is 0.885 bits per heavy atom. The zero-order valence-electron chi connectivity index (χ0n) is 12.0. The predicted molar refractivity (Wildman–Crippen MR) is 73.5 cm³/mol. The summed E-state index contributed by atoms with van der Waals surface area (Å²) in [4.78, 5) is -0.979. The maximum absolute atomic E-state index is 13.3. The predicted octanol–water partition coefficient (Wildman–Crippen LogP) is 6.46. The van der Waals surface area contributed by atoms with Crippen LogP contribution in [0.15, 0.2) is 34.1 Å². The number of hydrogen-bond donors (Lipinski definition) is 1. The van der Waals surface area contributed by atoms with Gasteiger partial charge in [-0.1, -0.05) is 0 Å². The van der Waals surface area contributed by atoms with Gasteiger partial charge in [-0.3, -0.25) is 0 Å². The van der Waals surface area contributed by atoms with Gasteiger partial charge in [-0.15, -0.1) is 10.9 Å². The molecule has 1 aliphatic heterocycles. The number of alkyl halides is 3. The highest BCUT2D eigenvalue weighted by Gasteiger charge is 2.45. The minimum atomic E-state index is -6.00. The fourth-order valence-corrected chi connectivity index (χ4v) is 4.42. The van der Waals surface area contributed by atoms with Crippen molar-refractivity contribution < 1.29 is 48.0 Å². The summed E-state index contributed by atoms with van der Waals surface area (Å²) in [5, 5.41) is 0. The molecule has 0 fully saturated rings. The van der Waals surface area contributed by atoms with Crippen molar-refractivity contribution in [1.82, 2.24) is 0 Å². The quantitative estimate of drug-likeness (QED) is 0.286. The van der Waals surface area contributed by atoms with Crippen LogP contribution in [0.25, 0.3) is 11.1 Å². The summed E-state index contributed by atoms with van der Waals surface area (Å²) >= 11 is 0. The highest BCUT2D eigenvalue weighted by molar-refractivity contribution is 8.18. The molecule has 0 bridgehead atoms. The van der Waals surface area contributed by atoms with Gasteiger partial charge in [-0.2, -0.15) is 13.2 Å². The monoisotopic (exact) mass is 413 g/mol. The Balaban J connectivity index is 0.000000431. The first-order valence-corrected chi connectivity index (χ1v) is 7.77. The largest absolute Gasteiger partial charge is 0.673 e. The van der Waals surface area contributed by atoms with Crippen LogP contribution in [0.1, 0.15) is 0 Å². The highest BCUT2D eigenvalue weighted by atomic mass is 32.2. The third kappa shape index (κ3) is 4.25. The van der Waals surface area contributed by atoms with E-state index in [-0.39, 0.29) is 11.1 Å². The van der Waals surface area contributed by atoms with Crippen LogP contribution >= 0.6 is 10.9 Å². The van der Waals surface area contributed by atoms with E-state index in [2.05, 4.69) is 0 Å². The normalized spacial score (nSPS) is 14.5. The first kappa shape index (κ1) is 20.4.